The molecule has 0 saturated carbocycles. The van der Waals surface area contributed by atoms with E-state index in [-0.39, 0.29) is 24.0 Å². The van der Waals surface area contributed by atoms with Gasteiger partial charge in [-0.15, -0.1) is 0 Å². The van der Waals surface area contributed by atoms with Crippen LogP contribution in [0.5, 0.6) is 5.88 Å². The Bertz CT molecular complexity index is 608. The van der Waals surface area contributed by atoms with Crippen molar-refractivity contribution in [2.24, 2.45) is 5.92 Å². The second kappa shape index (κ2) is 7.71. The maximum absolute atomic E-state index is 12.4. The predicted octanol–water partition coefficient (Wildman–Crippen LogP) is 1.91. The van der Waals surface area contributed by atoms with Crippen molar-refractivity contribution >= 4 is 5.91 Å². The normalized spacial score (nSPS) is 12.4. The topological polar surface area (TPSA) is 81.9 Å². The Morgan fingerprint density at radius 1 is 1.22 bits per heavy atom. The van der Waals surface area contributed by atoms with Gasteiger partial charge in [-0.1, -0.05) is 13.8 Å². The van der Waals surface area contributed by atoms with Gasteiger partial charge in [0.25, 0.3) is 5.91 Å². The number of hydrogen-bond donors (Lipinski definition) is 1. The summed E-state index contributed by atoms with van der Waals surface area (Å²) in [6.07, 6.45) is 4.82. The van der Waals surface area contributed by atoms with Crippen LogP contribution in [0.1, 0.15) is 38.1 Å². The van der Waals surface area contributed by atoms with Crippen LogP contribution in [0.2, 0.25) is 0 Å². The highest BCUT2D eigenvalue weighted by atomic mass is 16.5. The molecule has 2 heterocycles. The summed E-state index contributed by atoms with van der Waals surface area (Å²) in [5.41, 5.74) is 0.500. The second-order valence-corrected chi connectivity index (χ2v) is 5.96. The first-order chi connectivity index (χ1) is 11.0. The van der Waals surface area contributed by atoms with Crippen LogP contribution in [-0.4, -0.2) is 38.0 Å². The van der Waals surface area contributed by atoms with E-state index >= 15 is 0 Å². The molecule has 23 heavy (non-hydrogen) atoms. The number of carbonyl (C=O) groups is 1. The molecule has 0 saturated heterocycles. The molecule has 2 aromatic heterocycles. The van der Waals surface area contributed by atoms with Crippen molar-refractivity contribution in [2.75, 3.05) is 0 Å². The molecular formula is C16H23N5O2. The lowest BCUT2D eigenvalue weighted by Crippen LogP contribution is -2.42. The van der Waals surface area contributed by atoms with Gasteiger partial charge in [-0.2, -0.15) is 15.0 Å². The van der Waals surface area contributed by atoms with E-state index in [4.69, 9.17) is 4.74 Å². The van der Waals surface area contributed by atoms with Gasteiger partial charge in [0, 0.05) is 12.3 Å². The number of hydrogen-bond acceptors (Lipinski definition) is 5. The van der Waals surface area contributed by atoms with E-state index in [1.54, 1.807) is 29.3 Å². The van der Waals surface area contributed by atoms with Gasteiger partial charge in [0.15, 0.2) is 0 Å². The van der Waals surface area contributed by atoms with Crippen molar-refractivity contribution < 1.29 is 9.53 Å². The summed E-state index contributed by atoms with van der Waals surface area (Å²) in [5, 5.41) is 11.2. The number of aromatic nitrogens is 4. The van der Waals surface area contributed by atoms with Gasteiger partial charge in [0.1, 0.15) is 0 Å². The predicted molar refractivity (Wildman–Crippen MR) is 86.1 cm³/mol. The zero-order valence-corrected chi connectivity index (χ0v) is 13.9. The largest absolute Gasteiger partial charge is 0.475 e. The van der Waals surface area contributed by atoms with E-state index in [1.807, 2.05) is 27.7 Å². The van der Waals surface area contributed by atoms with Gasteiger partial charge in [-0.25, -0.2) is 4.98 Å². The number of ether oxygens (including phenoxy) is 1. The van der Waals surface area contributed by atoms with Gasteiger partial charge in [-0.3, -0.25) is 4.79 Å². The SMILES string of the molecule is CC(C)Oc1ccc(C(=O)NC(Cn2nccn2)C(C)C)cn1. The first-order valence-electron chi connectivity index (χ1n) is 7.73. The molecular weight excluding hydrogens is 294 g/mol. The zero-order chi connectivity index (χ0) is 16.8. The van der Waals surface area contributed by atoms with E-state index in [9.17, 15) is 4.79 Å². The average Bonchev–Trinajstić information content (AvgIpc) is 2.99. The molecule has 124 valence electrons. The molecule has 0 aliphatic carbocycles. The van der Waals surface area contributed by atoms with Crippen molar-refractivity contribution in [2.45, 2.75) is 46.4 Å². The Morgan fingerprint density at radius 3 is 2.43 bits per heavy atom. The molecule has 1 unspecified atom stereocenters. The molecule has 0 bridgehead atoms. The third-order valence-corrected chi connectivity index (χ3v) is 3.30. The van der Waals surface area contributed by atoms with Crippen molar-refractivity contribution in [1.29, 1.82) is 0 Å². The molecule has 1 atom stereocenters. The van der Waals surface area contributed by atoms with E-state index in [1.165, 1.54) is 6.20 Å². The maximum Gasteiger partial charge on any atom is 0.253 e. The van der Waals surface area contributed by atoms with Crippen LogP contribution in [0.3, 0.4) is 0 Å². The lowest BCUT2D eigenvalue weighted by Gasteiger charge is -2.21. The second-order valence-electron chi connectivity index (χ2n) is 5.96. The van der Waals surface area contributed by atoms with Crippen molar-refractivity contribution in [1.82, 2.24) is 25.3 Å². The minimum Gasteiger partial charge on any atom is -0.475 e. The summed E-state index contributed by atoms with van der Waals surface area (Å²) < 4.78 is 5.48. The Balaban J connectivity index is 2.00. The van der Waals surface area contributed by atoms with Crippen LogP contribution in [-0.2, 0) is 6.54 Å². The smallest absolute Gasteiger partial charge is 0.253 e. The van der Waals surface area contributed by atoms with Crippen molar-refractivity contribution in [3.05, 3.63) is 36.3 Å². The number of amides is 1. The van der Waals surface area contributed by atoms with Gasteiger partial charge in [0.05, 0.1) is 36.6 Å². The Morgan fingerprint density at radius 2 is 1.91 bits per heavy atom. The molecule has 2 rings (SSSR count). The van der Waals surface area contributed by atoms with E-state index in [0.717, 1.165) is 0 Å². The van der Waals surface area contributed by atoms with Gasteiger partial charge >= 0.3 is 0 Å². The molecule has 0 aliphatic rings. The number of rotatable bonds is 7. The highest BCUT2D eigenvalue weighted by Gasteiger charge is 2.19. The summed E-state index contributed by atoms with van der Waals surface area (Å²) in [6, 6.07) is 3.35. The van der Waals surface area contributed by atoms with Crippen LogP contribution in [0, 0.1) is 5.92 Å². The fourth-order valence-electron chi connectivity index (χ4n) is 2.01. The molecule has 1 N–H and O–H groups in total. The van der Waals surface area contributed by atoms with Crippen LogP contribution in [0.25, 0.3) is 0 Å². The number of pyridine rings is 1. The average molecular weight is 317 g/mol. The third kappa shape index (κ3) is 5.05. The number of carbonyl (C=O) groups excluding carboxylic acids is 1. The zero-order valence-electron chi connectivity index (χ0n) is 13.9. The van der Waals surface area contributed by atoms with Crippen molar-refractivity contribution in [3.8, 4) is 5.88 Å². The summed E-state index contributed by atoms with van der Waals surface area (Å²) in [5.74, 6) is 0.596. The van der Waals surface area contributed by atoms with Crippen LogP contribution in [0.15, 0.2) is 30.7 Å². The van der Waals surface area contributed by atoms with Gasteiger partial charge in [0.2, 0.25) is 5.88 Å². The monoisotopic (exact) mass is 317 g/mol. The highest BCUT2D eigenvalue weighted by molar-refractivity contribution is 5.94. The third-order valence-electron chi connectivity index (χ3n) is 3.30. The minimum atomic E-state index is -0.167. The molecule has 0 spiro atoms. The highest BCUT2D eigenvalue weighted by Crippen LogP contribution is 2.11. The van der Waals surface area contributed by atoms with Crippen LogP contribution in [0.4, 0.5) is 0 Å². The van der Waals surface area contributed by atoms with Gasteiger partial charge < -0.3 is 10.1 Å². The van der Waals surface area contributed by atoms with Crippen molar-refractivity contribution in [3.63, 3.8) is 0 Å². The first-order valence-corrected chi connectivity index (χ1v) is 7.73. The van der Waals surface area contributed by atoms with Crippen LogP contribution < -0.4 is 10.1 Å². The maximum atomic E-state index is 12.4. The van der Waals surface area contributed by atoms with Crippen LogP contribution >= 0.6 is 0 Å². The standard InChI is InChI=1S/C16H23N5O2/c1-11(2)14(10-21-18-7-8-19-21)20-16(22)13-5-6-15(17-9-13)23-12(3)4/h5-9,11-12,14H,10H2,1-4H3,(H,20,22). The Kier molecular flexibility index (Phi) is 5.67. The summed E-state index contributed by atoms with van der Waals surface area (Å²) in [7, 11) is 0. The molecule has 2 aromatic rings. The minimum absolute atomic E-state index is 0.0501. The Labute approximate surface area is 136 Å². The molecule has 0 radical (unpaired) electrons. The summed E-state index contributed by atoms with van der Waals surface area (Å²) in [6.45, 7) is 8.48. The van der Waals surface area contributed by atoms with E-state index < -0.39 is 0 Å². The molecule has 0 fully saturated rings. The first kappa shape index (κ1) is 16.9. The fraction of sp³-hybridized carbons (Fsp3) is 0.500. The lowest BCUT2D eigenvalue weighted by molar-refractivity contribution is 0.0917. The van der Waals surface area contributed by atoms with E-state index in [2.05, 4.69) is 20.5 Å². The molecule has 0 aliphatic heterocycles. The van der Waals surface area contributed by atoms with E-state index in [0.29, 0.717) is 18.0 Å². The molecule has 7 nitrogen and oxygen atoms in total. The molecule has 0 aromatic carbocycles. The lowest BCUT2D eigenvalue weighted by atomic mass is 10.0. The number of nitrogens with zero attached hydrogens (tertiary/aromatic N) is 4. The molecule has 1 amide bonds. The Hall–Kier alpha value is -2.44. The summed E-state index contributed by atoms with van der Waals surface area (Å²) >= 11 is 0. The number of nitrogens with one attached hydrogen (secondary N) is 1. The summed E-state index contributed by atoms with van der Waals surface area (Å²) in [4.78, 5) is 18.1. The van der Waals surface area contributed by atoms with Gasteiger partial charge in [-0.05, 0) is 25.8 Å². The molecule has 7 heteroatoms. The fourth-order valence-corrected chi connectivity index (χ4v) is 2.01. The quantitative estimate of drug-likeness (QED) is 0.843.